The summed E-state index contributed by atoms with van der Waals surface area (Å²) in [5.74, 6) is 1.52. The lowest BCUT2D eigenvalue weighted by Gasteiger charge is -2.09. The number of ether oxygens (including phenoxy) is 2. The molecule has 0 bridgehead atoms. The number of oxazole rings is 1. The monoisotopic (exact) mass is 284 g/mol. The second-order valence-corrected chi connectivity index (χ2v) is 4.70. The normalized spacial score (nSPS) is 10.7. The third kappa shape index (κ3) is 3.08. The average molecular weight is 284 g/mol. The van der Waals surface area contributed by atoms with Crippen LogP contribution >= 0.6 is 0 Å². The summed E-state index contributed by atoms with van der Waals surface area (Å²) < 4.78 is 16.5. The number of hydrogen-bond acceptors (Lipinski definition) is 5. The van der Waals surface area contributed by atoms with Gasteiger partial charge in [0.05, 0.1) is 0 Å². The SMILES string of the molecule is Cc1cc(OCCOc2ccc3ncoc3c2)ccc1N. The fraction of sp³-hybridized carbons (Fsp3) is 0.188. The van der Waals surface area contributed by atoms with Crippen molar-refractivity contribution in [2.45, 2.75) is 6.92 Å². The molecule has 0 atom stereocenters. The third-order valence-electron chi connectivity index (χ3n) is 3.16. The highest BCUT2D eigenvalue weighted by Crippen LogP contribution is 2.20. The lowest BCUT2D eigenvalue weighted by atomic mass is 10.2. The van der Waals surface area contributed by atoms with Crippen molar-refractivity contribution in [2.24, 2.45) is 0 Å². The van der Waals surface area contributed by atoms with E-state index in [0.29, 0.717) is 18.8 Å². The zero-order valence-electron chi connectivity index (χ0n) is 11.7. The Hall–Kier alpha value is -2.69. The Morgan fingerprint density at radius 3 is 2.52 bits per heavy atom. The highest BCUT2D eigenvalue weighted by molar-refractivity contribution is 5.73. The molecule has 21 heavy (non-hydrogen) atoms. The molecule has 0 unspecified atom stereocenters. The summed E-state index contributed by atoms with van der Waals surface area (Å²) in [6.45, 7) is 2.85. The molecule has 108 valence electrons. The second kappa shape index (κ2) is 5.75. The Morgan fingerprint density at radius 1 is 1.05 bits per heavy atom. The van der Waals surface area contributed by atoms with E-state index in [4.69, 9.17) is 19.6 Å². The first kappa shape index (κ1) is 13.3. The summed E-state index contributed by atoms with van der Waals surface area (Å²) in [5.41, 5.74) is 9.06. The van der Waals surface area contributed by atoms with E-state index in [1.54, 1.807) is 0 Å². The number of aromatic nitrogens is 1. The molecule has 2 N–H and O–H groups in total. The standard InChI is InChI=1S/C16H16N2O3/c1-11-8-12(2-4-14(11)17)19-6-7-20-13-3-5-15-16(9-13)21-10-18-15/h2-5,8-10H,6-7,17H2,1H3. The van der Waals surface area contributed by atoms with Crippen LogP contribution in [0.3, 0.4) is 0 Å². The van der Waals surface area contributed by atoms with E-state index in [1.807, 2.05) is 43.3 Å². The third-order valence-corrected chi connectivity index (χ3v) is 3.16. The largest absolute Gasteiger partial charge is 0.490 e. The topological polar surface area (TPSA) is 70.5 Å². The number of benzene rings is 2. The second-order valence-electron chi connectivity index (χ2n) is 4.70. The van der Waals surface area contributed by atoms with Crippen molar-refractivity contribution < 1.29 is 13.9 Å². The number of fused-ring (bicyclic) bond motifs is 1. The molecule has 3 rings (SSSR count). The van der Waals surface area contributed by atoms with Gasteiger partial charge >= 0.3 is 0 Å². The first-order valence-electron chi connectivity index (χ1n) is 6.67. The Balaban J connectivity index is 1.52. The van der Waals surface area contributed by atoms with Gasteiger partial charge in [-0.25, -0.2) is 4.98 Å². The van der Waals surface area contributed by atoms with Gasteiger partial charge in [0, 0.05) is 11.8 Å². The zero-order chi connectivity index (χ0) is 14.7. The van der Waals surface area contributed by atoms with Gasteiger partial charge in [0.2, 0.25) is 0 Å². The highest BCUT2D eigenvalue weighted by Gasteiger charge is 2.02. The predicted molar refractivity (Wildman–Crippen MR) is 80.6 cm³/mol. The molecule has 1 aromatic heterocycles. The number of rotatable bonds is 5. The number of nitrogens with zero attached hydrogens (tertiary/aromatic N) is 1. The molecule has 0 amide bonds. The van der Waals surface area contributed by atoms with Gasteiger partial charge in [-0.1, -0.05) is 0 Å². The van der Waals surface area contributed by atoms with Crippen molar-refractivity contribution >= 4 is 16.8 Å². The van der Waals surface area contributed by atoms with Crippen LogP contribution in [0.2, 0.25) is 0 Å². The molecule has 0 aliphatic carbocycles. The fourth-order valence-corrected chi connectivity index (χ4v) is 1.98. The zero-order valence-corrected chi connectivity index (χ0v) is 11.7. The molecule has 0 saturated heterocycles. The summed E-state index contributed by atoms with van der Waals surface area (Å²) in [5, 5.41) is 0. The van der Waals surface area contributed by atoms with Crippen molar-refractivity contribution in [3.63, 3.8) is 0 Å². The van der Waals surface area contributed by atoms with Crippen LogP contribution in [0.1, 0.15) is 5.56 Å². The molecule has 0 aliphatic heterocycles. The van der Waals surface area contributed by atoms with Crippen molar-refractivity contribution in [3.8, 4) is 11.5 Å². The van der Waals surface area contributed by atoms with Gasteiger partial charge in [-0.15, -0.1) is 0 Å². The Morgan fingerprint density at radius 2 is 1.76 bits per heavy atom. The van der Waals surface area contributed by atoms with E-state index in [-0.39, 0.29) is 0 Å². The van der Waals surface area contributed by atoms with Crippen LogP contribution in [0, 0.1) is 6.92 Å². The lowest BCUT2D eigenvalue weighted by molar-refractivity contribution is 0.217. The van der Waals surface area contributed by atoms with E-state index < -0.39 is 0 Å². The van der Waals surface area contributed by atoms with E-state index in [2.05, 4.69) is 4.98 Å². The Labute approximate surface area is 122 Å². The van der Waals surface area contributed by atoms with Crippen molar-refractivity contribution in [1.82, 2.24) is 4.98 Å². The molecular weight excluding hydrogens is 268 g/mol. The van der Waals surface area contributed by atoms with Crippen LogP contribution < -0.4 is 15.2 Å². The molecule has 0 aliphatic rings. The number of aryl methyl sites for hydroxylation is 1. The molecule has 0 saturated carbocycles. The van der Waals surface area contributed by atoms with Crippen molar-refractivity contribution in [3.05, 3.63) is 48.4 Å². The van der Waals surface area contributed by atoms with Gasteiger partial charge in [-0.05, 0) is 42.8 Å². The number of nitrogens with two attached hydrogens (primary N) is 1. The van der Waals surface area contributed by atoms with E-state index in [9.17, 15) is 0 Å². The minimum Gasteiger partial charge on any atom is -0.490 e. The van der Waals surface area contributed by atoms with E-state index in [0.717, 1.165) is 28.3 Å². The Kier molecular flexibility index (Phi) is 3.64. The number of nitrogen functional groups attached to an aromatic ring is 1. The molecule has 3 aromatic rings. The van der Waals surface area contributed by atoms with Crippen LogP contribution in [-0.4, -0.2) is 18.2 Å². The van der Waals surface area contributed by atoms with Gasteiger partial charge in [0.15, 0.2) is 12.0 Å². The van der Waals surface area contributed by atoms with Crippen LogP contribution in [-0.2, 0) is 0 Å². The van der Waals surface area contributed by atoms with Gasteiger partial charge in [-0.2, -0.15) is 0 Å². The first-order valence-corrected chi connectivity index (χ1v) is 6.67. The molecule has 5 heteroatoms. The molecular formula is C16H16N2O3. The average Bonchev–Trinajstić information content (AvgIpc) is 2.95. The number of anilines is 1. The fourth-order valence-electron chi connectivity index (χ4n) is 1.98. The quantitative estimate of drug-likeness (QED) is 0.575. The highest BCUT2D eigenvalue weighted by atomic mass is 16.5. The van der Waals surface area contributed by atoms with Crippen LogP contribution in [0.15, 0.2) is 47.2 Å². The maximum atomic E-state index is 5.76. The number of hydrogen-bond donors (Lipinski definition) is 1. The van der Waals surface area contributed by atoms with Gasteiger partial charge in [0.25, 0.3) is 0 Å². The summed E-state index contributed by atoms with van der Waals surface area (Å²) >= 11 is 0. The van der Waals surface area contributed by atoms with Gasteiger partial charge < -0.3 is 19.6 Å². The molecule has 0 radical (unpaired) electrons. The van der Waals surface area contributed by atoms with Crippen molar-refractivity contribution in [1.29, 1.82) is 0 Å². The Bertz CT molecular complexity index is 752. The summed E-state index contributed by atoms with van der Waals surface area (Å²) in [6.07, 6.45) is 1.42. The molecule has 5 nitrogen and oxygen atoms in total. The predicted octanol–water partition coefficient (Wildman–Crippen LogP) is 3.18. The summed E-state index contributed by atoms with van der Waals surface area (Å²) in [7, 11) is 0. The van der Waals surface area contributed by atoms with Gasteiger partial charge in [-0.3, -0.25) is 0 Å². The minimum absolute atomic E-state index is 0.447. The maximum absolute atomic E-state index is 5.76. The minimum atomic E-state index is 0.447. The lowest BCUT2D eigenvalue weighted by Crippen LogP contribution is -2.09. The van der Waals surface area contributed by atoms with Crippen molar-refractivity contribution in [2.75, 3.05) is 18.9 Å². The molecule has 0 spiro atoms. The summed E-state index contributed by atoms with van der Waals surface area (Å²) in [6, 6.07) is 11.1. The summed E-state index contributed by atoms with van der Waals surface area (Å²) in [4.78, 5) is 4.05. The van der Waals surface area contributed by atoms with E-state index >= 15 is 0 Å². The molecule has 2 aromatic carbocycles. The van der Waals surface area contributed by atoms with Crippen LogP contribution in [0.5, 0.6) is 11.5 Å². The van der Waals surface area contributed by atoms with Gasteiger partial charge in [0.1, 0.15) is 30.2 Å². The van der Waals surface area contributed by atoms with Crippen LogP contribution in [0.4, 0.5) is 5.69 Å². The first-order chi connectivity index (χ1) is 10.2. The molecule has 0 fully saturated rings. The molecule has 1 heterocycles. The smallest absolute Gasteiger partial charge is 0.181 e. The van der Waals surface area contributed by atoms with Crippen LogP contribution in [0.25, 0.3) is 11.1 Å². The maximum Gasteiger partial charge on any atom is 0.181 e. The van der Waals surface area contributed by atoms with E-state index in [1.165, 1.54) is 6.39 Å².